The number of benzene rings is 1. The molecule has 0 saturated heterocycles. The van der Waals surface area contributed by atoms with E-state index < -0.39 is 0 Å². The molecule has 0 aliphatic carbocycles. The molecule has 1 aromatic rings. The zero-order chi connectivity index (χ0) is 14.3. The van der Waals surface area contributed by atoms with E-state index in [2.05, 4.69) is 21.2 Å². The molecule has 0 aliphatic heterocycles. The summed E-state index contributed by atoms with van der Waals surface area (Å²) in [7, 11) is 5.28. The first-order valence-corrected chi connectivity index (χ1v) is 7.09. The van der Waals surface area contributed by atoms with Gasteiger partial charge < -0.3 is 19.7 Å². The number of rotatable bonds is 6. The average Bonchev–Trinajstić information content (AvgIpc) is 2.39. The third-order valence-electron chi connectivity index (χ3n) is 2.58. The maximum atomic E-state index is 5.35. The van der Waals surface area contributed by atoms with Crippen molar-refractivity contribution in [1.82, 2.24) is 10.2 Å². The first-order valence-electron chi connectivity index (χ1n) is 5.88. The zero-order valence-corrected chi connectivity index (χ0v) is 13.8. The van der Waals surface area contributed by atoms with Crippen LogP contribution >= 0.6 is 28.1 Å². The Bertz CT molecular complexity index is 429. The molecule has 0 spiro atoms. The van der Waals surface area contributed by atoms with Gasteiger partial charge in [0, 0.05) is 37.3 Å². The lowest BCUT2D eigenvalue weighted by atomic mass is 10.2. The Kier molecular flexibility index (Phi) is 7.12. The maximum Gasteiger partial charge on any atom is 0.169 e. The average molecular weight is 347 g/mol. The smallest absolute Gasteiger partial charge is 0.169 e. The summed E-state index contributed by atoms with van der Waals surface area (Å²) in [6, 6.07) is 5.93. The van der Waals surface area contributed by atoms with Gasteiger partial charge in [0.15, 0.2) is 5.11 Å². The normalized spacial score (nSPS) is 10.1. The minimum atomic E-state index is 0.633. The largest absolute Gasteiger partial charge is 0.496 e. The number of nitrogens with zero attached hydrogens (tertiary/aromatic N) is 1. The second-order valence-electron chi connectivity index (χ2n) is 4.04. The Morgan fingerprint density at radius 1 is 1.42 bits per heavy atom. The van der Waals surface area contributed by atoms with Crippen molar-refractivity contribution in [2.75, 3.05) is 34.4 Å². The zero-order valence-electron chi connectivity index (χ0n) is 11.4. The summed E-state index contributed by atoms with van der Waals surface area (Å²) in [5, 5.41) is 3.83. The number of hydrogen-bond donors (Lipinski definition) is 1. The van der Waals surface area contributed by atoms with E-state index in [4.69, 9.17) is 21.7 Å². The van der Waals surface area contributed by atoms with E-state index in [0.717, 1.165) is 15.8 Å². The van der Waals surface area contributed by atoms with E-state index in [1.165, 1.54) is 0 Å². The highest BCUT2D eigenvalue weighted by Crippen LogP contribution is 2.23. The highest BCUT2D eigenvalue weighted by atomic mass is 79.9. The van der Waals surface area contributed by atoms with Gasteiger partial charge in [-0.15, -0.1) is 0 Å². The van der Waals surface area contributed by atoms with E-state index in [0.29, 0.717) is 24.8 Å². The molecular formula is C13H19BrN2O2S. The van der Waals surface area contributed by atoms with Crippen LogP contribution in [0.1, 0.15) is 5.56 Å². The van der Waals surface area contributed by atoms with E-state index >= 15 is 0 Å². The van der Waals surface area contributed by atoms with Gasteiger partial charge in [-0.2, -0.15) is 0 Å². The van der Waals surface area contributed by atoms with E-state index in [-0.39, 0.29) is 0 Å². The lowest BCUT2D eigenvalue weighted by molar-refractivity contribution is 0.203. The van der Waals surface area contributed by atoms with Gasteiger partial charge in [0.2, 0.25) is 0 Å². The monoisotopic (exact) mass is 346 g/mol. The summed E-state index contributed by atoms with van der Waals surface area (Å²) in [5.41, 5.74) is 1.08. The van der Waals surface area contributed by atoms with Crippen LogP contribution in [0, 0.1) is 0 Å². The first kappa shape index (κ1) is 16.2. The van der Waals surface area contributed by atoms with Crippen LogP contribution in [-0.4, -0.2) is 44.4 Å². The molecule has 0 aromatic heterocycles. The van der Waals surface area contributed by atoms with Gasteiger partial charge in [-0.1, -0.05) is 15.9 Å². The fourth-order valence-electron chi connectivity index (χ4n) is 1.59. The molecule has 4 nitrogen and oxygen atoms in total. The fraction of sp³-hybridized carbons (Fsp3) is 0.462. The van der Waals surface area contributed by atoms with Crippen LogP contribution in [0.25, 0.3) is 0 Å². The van der Waals surface area contributed by atoms with Crippen molar-refractivity contribution < 1.29 is 9.47 Å². The highest BCUT2D eigenvalue weighted by molar-refractivity contribution is 9.10. The molecule has 0 heterocycles. The van der Waals surface area contributed by atoms with E-state index in [1.807, 2.05) is 30.1 Å². The van der Waals surface area contributed by atoms with Crippen molar-refractivity contribution in [2.45, 2.75) is 6.54 Å². The molecule has 19 heavy (non-hydrogen) atoms. The number of hydrogen-bond acceptors (Lipinski definition) is 3. The molecule has 1 aromatic carbocycles. The highest BCUT2D eigenvalue weighted by Gasteiger charge is 2.09. The van der Waals surface area contributed by atoms with Crippen molar-refractivity contribution in [2.24, 2.45) is 0 Å². The molecule has 0 bridgehead atoms. The lowest BCUT2D eigenvalue weighted by Crippen LogP contribution is -2.38. The Labute approximate surface area is 128 Å². The van der Waals surface area contributed by atoms with Crippen LogP contribution in [0.2, 0.25) is 0 Å². The Morgan fingerprint density at radius 3 is 2.79 bits per heavy atom. The Morgan fingerprint density at radius 2 is 2.16 bits per heavy atom. The van der Waals surface area contributed by atoms with Crippen LogP contribution in [-0.2, 0) is 11.3 Å². The second-order valence-corrected chi connectivity index (χ2v) is 5.34. The quantitative estimate of drug-likeness (QED) is 0.631. The number of methoxy groups -OCH3 is 2. The molecule has 6 heteroatoms. The SMILES string of the molecule is COCCNC(=S)N(C)Cc1cc(Br)ccc1OC. The molecule has 0 saturated carbocycles. The molecule has 1 rings (SSSR count). The van der Waals surface area contributed by atoms with Gasteiger partial charge in [-0.05, 0) is 30.4 Å². The maximum absolute atomic E-state index is 5.35. The third-order valence-corrected chi connectivity index (χ3v) is 3.53. The topological polar surface area (TPSA) is 33.7 Å². The van der Waals surface area contributed by atoms with Crippen LogP contribution in [0.3, 0.4) is 0 Å². The molecule has 106 valence electrons. The molecule has 1 N–H and O–H groups in total. The van der Waals surface area contributed by atoms with Crippen molar-refractivity contribution in [3.63, 3.8) is 0 Å². The second kappa shape index (κ2) is 8.35. The van der Waals surface area contributed by atoms with Crippen molar-refractivity contribution in [1.29, 1.82) is 0 Å². The summed E-state index contributed by atoms with van der Waals surface area (Å²) < 4.78 is 11.3. The number of ether oxygens (including phenoxy) is 2. The van der Waals surface area contributed by atoms with Crippen LogP contribution in [0.15, 0.2) is 22.7 Å². The predicted octanol–water partition coefficient (Wildman–Crippen LogP) is 2.41. The molecular weight excluding hydrogens is 328 g/mol. The third kappa shape index (κ3) is 5.34. The van der Waals surface area contributed by atoms with E-state index in [1.54, 1.807) is 14.2 Å². The molecule has 0 amide bonds. The van der Waals surface area contributed by atoms with Crippen LogP contribution in [0.5, 0.6) is 5.75 Å². The van der Waals surface area contributed by atoms with Gasteiger partial charge >= 0.3 is 0 Å². The van der Waals surface area contributed by atoms with Gasteiger partial charge in [0.25, 0.3) is 0 Å². The predicted molar refractivity (Wildman–Crippen MR) is 84.6 cm³/mol. The van der Waals surface area contributed by atoms with E-state index in [9.17, 15) is 0 Å². The summed E-state index contributed by atoms with van der Waals surface area (Å²) in [6.45, 7) is 2.02. The number of nitrogens with one attached hydrogen (secondary N) is 1. The number of halogens is 1. The summed E-state index contributed by atoms with van der Waals surface area (Å²) in [6.07, 6.45) is 0. The molecule has 0 unspecified atom stereocenters. The Hall–Kier alpha value is -0.850. The van der Waals surface area contributed by atoms with Crippen LogP contribution < -0.4 is 10.1 Å². The summed E-state index contributed by atoms with van der Waals surface area (Å²) in [4.78, 5) is 1.97. The molecule has 0 fully saturated rings. The summed E-state index contributed by atoms with van der Waals surface area (Å²) in [5.74, 6) is 0.856. The molecule has 0 atom stereocenters. The van der Waals surface area contributed by atoms with Crippen molar-refractivity contribution in [3.05, 3.63) is 28.2 Å². The van der Waals surface area contributed by atoms with Crippen LogP contribution in [0.4, 0.5) is 0 Å². The van der Waals surface area contributed by atoms with Gasteiger partial charge in [-0.25, -0.2) is 0 Å². The molecule has 0 radical (unpaired) electrons. The molecule has 0 aliphatic rings. The first-order chi connectivity index (χ1) is 9.08. The number of thiocarbonyl (C=S) groups is 1. The van der Waals surface area contributed by atoms with Crippen molar-refractivity contribution in [3.8, 4) is 5.75 Å². The Balaban J connectivity index is 2.62. The minimum Gasteiger partial charge on any atom is -0.496 e. The van der Waals surface area contributed by atoms with Gasteiger partial charge in [0.05, 0.1) is 13.7 Å². The minimum absolute atomic E-state index is 0.633. The fourth-order valence-corrected chi connectivity index (χ4v) is 2.17. The van der Waals surface area contributed by atoms with Crippen molar-refractivity contribution >= 4 is 33.3 Å². The standard InChI is InChI=1S/C13H19BrN2O2S/c1-16(13(19)15-6-7-17-2)9-10-8-11(14)4-5-12(10)18-3/h4-5,8H,6-7,9H2,1-3H3,(H,15,19). The summed E-state index contributed by atoms with van der Waals surface area (Å²) >= 11 is 8.77. The van der Waals surface area contributed by atoms with Gasteiger partial charge in [-0.3, -0.25) is 0 Å². The van der Waals surface area contributed by atoms with Gasteiger partial charge in [0.1, 0.15) is 5.75 Å². The lowest BCUT2D eigenvalue weighted by Gasteiger charge is -2.22.